The molecule has 3 N–H and O–H groups in total. The second kappa shape index (κ2) is 5.36. The molecule has 0 aliphatic carbocycles. The number of nitrogens with one attached hydrogen (secondary N) is 1. The van der Waals surface area contributed by atoms with Gasteiger partial charge in [-0.25, -0.2) is 4.98 Å². The summed E-state index contributed by atoms with van der Waals surface area (Å²) in [5, 5.41) is 5.18. The van der Waals surface area contributed by atoms with Crippen molar-refractivity contribution in [3.8, 4) is 0 Å². The zero-order valence-electron chi connectivity index (χ0n) is 11.2. The normalized spacial score (nSPS) is 12.7. The number of hydrazine groups is 1. The Labute approximate surface area is 116 Å². The molecule has 0 aliphatic rings. The summed E-state index contributed by atoms with van der Waals surface area (Å²) in [7, 11) is 1.88. The number of rotatable bonds is 4. The van der Waals surface area contributed by atoms with Crippen molar-refractivity contribution < 1.29 is 0 Å². The first-order valence-corrected chi connectivity index (χ1v) is 6.42. The van der Waals surface area contributed by atoms with Gasteiger partial charge in [-0.1, -0.05) is 18.2 Å². The molecule has 6 nitrogen and oxygen atoms in total. The van der Waals surface area contributed by atoms with Gasteiger partial charge in [-0.3, -0.25) is 20.9 Å². The minimum atomic E-state index is -0.0363. The molecule has 0 spiro atoms. The third kappa shape index (κ3) is 2.26. The van der Waals surface area contributed by atoms with Crippen LogP contribution in [0.3, 0.4) is 0 Å². The lowest BCUT2D eigenvalue weighted by Crippen LogP contribution is -2.30. The Kier molecular flexibility index (Phi) is 3.41. The number of fused-ring (bicyclic) bond motifs is 1. The largest absolute Gasteiger partial charge is 0.271 e. The molecule has 0 fully saturated rings. The molecule has 0 radical (unpaired) electrons. The van der Waals surface area contributed by atoms with Crippen LogP contribution >= 0.6 is 0 Å². The molecule has 0 saturated heterocycles. The van der Waals surface area contributed by atoms with Crippen LogP contribution < -0.4 is 11.3 Å². The molecule has 6 heteroatoms. The van der Waals surface area contributed by atoms with Crippen molar-refractivity contribution >= 4 is 10.9 Å². The molecule has 20 heavy (non-hydrogen) atoms. The Morgan fingerprint density at radius 1 is 1.25 bits per heavy atom. The van der Waals surface area contributed by atoms with Crippen LogP contribution in [-0.2, 0) is 13.5 Å². The highest BCUT2D eigenvalue weighted by Gasteiger charge is 2.16. The average Bonchev–Trinajstić information content (AvgIpc) is 2.89. The first kappa shape index (κ1) is 12.7. The van der Waals surface area contributed by atoms with Gasteiger partial charge in [0.2, 0.25) is 0 Å². The number of nitrogens with zero attached hydrogens (tertiary/aromatic N) is 4. The minimum absolute atomic E-state index is 0.0363. The summed E-state index contributed by atoms with van der Waals surface area (Å²) in [6.07, 6.45) is 4.01. The SMILES string of the molecule is Cn1ncnc1CC(NN)c1cccc2ncccc12. The van der Waals surface area contributed by atoms with E-state index in [1.807, 2.05) is 25.2 Å². The Hall–Kier alpha value is -2.31. The van der Waals surface area contributed by atoms with Gasteiger partial charge in [0.15, 0.2) is 0 Å². The second-order valence-electron chi connectivity index (χ2n) is 4.64. The van der Waals surface area contributed by atoms with Crippen LogP contribution in [0, 0.1) is 0 Å². The van der Waals surface area contributed by atoms with E-state index in [2.05, 4.69) is 32.6 Å². The highest BCUT2D eigenvalue weighted by molar-refractivity contribution is 5.82. The average molecular weight is 268 g/mol. The number of benzene rings is 1. The van der Waals surface area contributed by atoms with Gasteiger partial charge in [0.05, 0.1) is 11.6 Å². The first-order chi connectivity index (χ1) is 9.79. The summed E-state index contributed by atoms with van der Waals surface area (Å²) >= 11 is 0. The van der Waals surface area contributed by atoms with Gasteiger partial charge >= 0.3 is 0 Å². The van der Waals surface area contributed by atoms with Gasteiger partial charge in [0.25, 0.3) is 0 Å². The van der Waals surface area contributed by atoms with Crippen molar-refractivity contribution in [3.63, 3.8) is 0 Å². The first-order valence-electron chi connectivity index (χ1n) is 6.42. The number of hydrogen-bond acceptors (Lipinski definition) is 5. The predicted molar refractivity (Wildman–Crippen MR) is 76.5 cm³/mol. The van der Waals surface area contributed by atoms with E-state index in [0.29, 0.717) is 6.42 Å². The van der Waals surface area contributed by atoms with Crippen molar-refractivity contribution in [1.29, 1.82) is 0 Å². The van der Waals surface area contributed by atoms with Crippen molar-refractivity contribution in [3.05, 3.63) is 54.2 Å². The topological polar surface area (TPSA) is 81.7 Å². The quantitative estimate of drug-likeness (QED) is 0.547. The highest BCUT2D eigenvalue weighted by Crippen LogP contribution is 2.24. The molecule has 2 heterocycles. The van der Waals surface area contributed by atoms with Crippen LogP contribution in [0.25, 0.3) is 10.9 Å². The lowest BCUT2D eigenvalue weighted by atomic mass is 9.99. The molecule has 1 atom stereocenters. The Balaban J connectivity index is 2.01. The van der Waals surface area contributed by atoms with Crippen LogP contribution in [0.1, 0.15) is 17.4 Å². The van der Waals surface area contributed by atoms with Gasteiger partial charge < -0.3 is 0 Å². The summed E-state index contributed by atoms with van der Waals surface area (Å²) in [6.45, 7) is 0. The highest BCUT2D eigenvalue weighted by atomic mass is 15.3. The smallest absolute Gasteiger partial charge is 0.138 e. The molecule has 102 valence electrons. The molecule has 3 rings (SSSR count). The number of pyridine rings is 1. The molecular weight excluding hydrogens is 252 g/mol. The molecule has 0 amide bonds. The monoisotopic (exact) mass is 268 g/mol. The van der Waals surface area contributed by atoms with Crippen LogP contribution in [-0.4, -0.2) is 19.7 Å². The van der Waals surface area contributed by atoms with E-state index in [-0.39, 0.29) is 6.04 Å². The molecule has 0 aliphatic heterocycles. The van der Waals surface area contributed by atoms with Crippen molar-refractivity contribution in [1.82, 2.24) is 25.2 Å². The number of aromatic nitrogens is 4. The van der Waals surface area contributed by atoms with Crippen molar-refractivity contribution in [2.75, 3.05) is 0 Å². The molecular formula is C14H16N6. The molecule has 3 aromatic rings. The molecule has 0 bridgehead atoms. The Morgan fingerprint density at radius 2 is 2.15 bits per heavy atom. The lowest BCUT2D eigenvalue weighted by molar-refractivity contribution is 0.526. The lowest BCUT2D eigenvalue weighted by Gasteiger charge is -2.17. The van der Waals surface area contributed by atoms with Crippen LogP contribution in [0.4, 0.5) is 0 Å². The van der Waals surface area contributed by atoms with E-state index in [1.165, 1.54) is 0 Å². The third-order valence-corrected chi connectivity index (χ3v) is 3.45. The standard InChI is InChI=1S/C14H16N6/c1-20-14(17-9-18-20)8-13(19-15)11-4-2-6-12-10(11)5-3-7-16-12/h2-7,9,13,19H,8,15H2,1H3. The predicted octanol–water partition coefficient (Wildman–Crippen LogP) is 1.11. The fourth-order valence-electron chi connectivity index (χ4n) is 2.38. The Bertz CT molecular complexity index is 715. The number of hydrogen-bond donors (Lipinski definition) is 2. The van der Waals surface area contributed by atoms with Gasteiger partial charge in [-0.15, -0.1) is 0 Å². The molecule has 1 unspecified atom stereocenters. The number of nitrogens with two attached hydrogens (primary N) is 1. The van der Waals surface area contributed by atoms with Gasteiger partial charge in [0.1, 0.15) is 12.2 Å². The molecule has 2 aromatic heterocycles. The van der Waals surface area contributed by atoms with Crippen LogP contribution in [0.15, 0.2) is 42.9 Å². The van der Waals surface area contributed by atoms with Crippen molar-refractivity contribution in [2.24, 2.45) is 12.9 Å². The maximum absolute atomic E-state index is 5.73. The van der Waals surface area contributed by atoms with Gasteiger partial charge in [-0.2, -0.15) is 5.10 Å². The van der Waals surface area contributed by atoms with Crippen LogP contribution in [0.5, 0.6) is 0 Å². The summed E-state index contributed by atoms with van der Waals surface area (Å²) in [6, 6.07) is 10.00. The van der Waals surface area contributed by atoms with Crippen molar-refractivity contribution in [2.45, 2.75) is 12.5 Å². The van der Waals surface area contributed by atoms with E-state index < -0.39 is 0 Å². The molecule has 0 saturated carbocycles. The van der Waals surface area contributed by atoms with E-state index in [9.17, 15) is 0 Å². The van der Waals surface area contributed by atoms with E-state index in [1.54, 1.807) is 17.2 Å². The van der Waals surface area contributed by atoms with E-state index in [0.717, 1.165) is 22.3 Å². The maximum Gasteiger partial charge on any atom is 0.138 e. The van der Waals surface area contributed by atoms with Gasteiger partial charge in [-0.05, 0) is 17.7 Å². The molecule has 1 aromatic carbocycles. The van der Waals surface area contributed by atoms with Crippen LogP contribution in [0.2, 0.25) is 0 Å². The van der Waals surface area contributed by atoms with Gasteiger partial charge in [0, 0.05) is 25.1 Å². The fourth-order valence-corrected chi connectivity index (χ4v) is 2.38. The Morgan fingerprint density at radius 3 is 2.90 bits per heavy atom. The maximum atomic E-state index is 5.73. The number of aryl methyl sites for hydroxylation is 1. The zero-order chi connectivity index (χ0) is 13.9. The van der Waals surface area contributed by atoms with E-state index >= 15 is 0 Å². The fraction of sp³-hybridized carbons (Fsp3) is 0.214. The third-order valence-electron chi connectivity index (χ3n) is 3.45. The summed E-state index contributed by atoms with van der Waals surface area (Å²) in [5.41, 5.74) is 4.94. The summed E-state index contributed by atoms with van der Waals surface area (Å²) < 4.78 is 1.76. The summed E-state index contributed by atoms with van der Waals surface area (Å²) in [5.74, 6) is 6.62. The summed E-state index contributed by atoms with van der Waals surface area (Å²) in [4.78, 5) is 8.62. The minimum Gasteiger partial charge on any atom is -0.271 e. The zero-order valence-corrected chi connectivity index (χ0v) is 11.2. The second-order valence-corrected chi connectivity index (χ2v) is 4.64. The van der Waals surface area contributed by atoms with E-state index in [4.69, 9.17) is 5.84 Å².